The number of ether oxygens (including phenoxy) is 1. The summed E-state index contributed by atoms with van der Waals surface area (Å²) in [5.74, 6) is -0.0433. The fourth-order valence-corrected chi connectivity index (χ4v) is 2.89. The van der Waals surface area contributed by atoms with Crippen molar-refractivity contribution in [3.05, 3.63) is 65.5 Å². The molecule has 6 heteroatoms. The molecule has 2 aromatic rings. The molecule has 0 aliphatic heterocycles. The van der Waals surface area contributed by atoms with Crippen molar-refractivity contribution < 1.29 is 18.7 Å². The molecule has 150 valence electrons. The zero-order valence-electron chi connectivity index (χ0n) is 16.7. The molecule has 28 heavy (non-hydrogen) atoms. The molecule has 0 bridgehead atoms. The highest BCUT2D eigenvalue weighted by molar-refractivity contribution is 5.87. The van der Waals surface area contributed by atoms with Crippen LogP contribution < -0.4 is 10.1 Å². The first-order valence-corrected chi connectivity index (χ1v) is 9.30. The molecule has 0 saturated heterocycles. The number of carbonyl (C=O) groups is 2. The number of para-hydroxylation sites is 1. The molecule has 2 amide bonds. The lowest BCUT2D eigenvalue weighted by molar-refractivity contribution is -0.142. The third kappa shape index (κ3) is 5.55. The number of carbonyl (C=O) groups excluding carboxylic acids is 2. The van der Waals surface area contributed by atoms with E-state index in [1.807, 2.05) is 24.3 Å². The summed E-state index contributed by atoms with van der Waals surface area (Å²) in [4.78, 5) is 26.4. The Morgan fingerprint density at radius 3 is 2.32 bits per heavy atom. The predicted molar refractivity (Wildman–Crippen MR) is 107 cm³/mol. The van der Waals surface area contributed by atoms with Gasteiger partial charge >= 0.3 is 0 Å². The Balaban J connectivity index is 2.16. The summed E-state index contributed by atoms with van der Waals surface area (Å²) in [6.45, 7) is 5.76. The van der Waals surface area contributed by atoms with Crippen molar-refractivity contribution in [2.45, 2.75) is 39.3 Å². The van der Waals surface area contributed by atoms with Crippen molar-refractivity contribution in [2.75, 3.05) is 13.7 Å². The van der Waals surface area contributed by atoms with E-state index >= 15 is 0 Å². The van der Waals surface area contributed by atoms with Crippen LogP contribution in [-0.2, 0) is 16.1 Å². The van der Waals surface area contributed by atoms with E-state index in [4.69, 9.17) is 4.74 Å². The fraction of sp³-hybridized carbons (Fsp3) is 0.364. The van der Waals surface area contributed by atoms with Gasteiger partial charge in [-0.15, -0.1) is 0 Å². The Bertz CT molecular complexity index is 806. The van der Waals surface area contributed by atoms with Gasteiger partial charge in [-0.2, -0.15) is 0 Å². The molecule has 0 spiro atoms. The number of nitrogens with zero attached hydrogens (tertiary/aromatic N) is 1. The highest BCUT2D eigenvalue weighted by Crippen LogP contribution is 2.26. The molecule has 0 aliphatic rings. The Labute approximate surface area is 165 Å². The van der Waals surface area contributed by atoms with Gasteiger partial charge in [0.05, 0.1) is 0 Å². The number of likely N-dealkylation sites (N-methyl/N-ethyl adjacent to an activating group) is 1. The van der Waals surface area contributed by atoms with Gasteiger partial charge in [-0.1, -0.05) is 44.2 Å². The van der Waals surface area contributed by atoms with Crippen molar-refractivity contribution in [1.29, 1.82) is 0 Å². The number of rotatable bonds is 8. The van der Waals surface area contributed by atoms with Crippen molar-refractivity contribution in [2.24, 2.45) is 0 Å². The first kappa shape index (κ1) is 21.4. The van der Waals surface area contributed by atoms with E-state index in [9.17, 15) is 14.0 Å². The molecule has 0 aliphatic carbocycles. The monoisotopic (exact) mass is 386 g/mol. The standard InChI is InChI=1S/C22H27FN2O3/c1-15(2)19-7-5-6-8-20(19)28-14-21(26)25(16(3)22(27)24-4)13-17-9-11-18(23)12-10-17/h5-12,15-16H,13-14H2,1-4H3,(H,24,27)/t16-/m0/s1. The Hall–Kier alpha value is -2.89. The van der Waals surface area contributed by atoms with Gasteiger partial charge in [-0.25, -0.2) is 4.39 Å². The van der Waals surface area contributed by atoms with Crippen LogP contribution in [0, 0.1) is 5.82 Å². The van der Waals surface area contributed by atoms with Crippen LogP contribution in [0.15, 0.2) is 48.5 Å². The maximum atomic E-state index is 13.2. The predicted octanol–water partition coefficient (Wildman–Crippen LogP) is 3.49. The second-order valence-corrected chi connectivity index (χ2v) is 6.92. The maximum absolute atomic E-state index is 13.2. The van der Waals surface area contributed by atoms with Crippen LogP contribution in [0.4, 0.5) is 4.39 Å². The Morgan fingerprint density at radius 1 is 1.07 bits per heavy atom. The largest absolute Gasteiger partial charge is 0.483 e. The molecule has 1 atom stereocenters. The van der Waals surface area contributed by atoms with Crippen LogP contribution in [0.25, 0.3) is 0 Å². The maximum Gasteiger partial charge on any atom is 0.261 e. The van der Waals surface area contributed by atoms with E-state index in [0.717, 1.165) is 11.1 Å². The molecule has 0 heterocycles. The molecule has 5 nitrogen and oxygen atoms in total. The van der Waals surface area contributed by atoms with E-state index in [1.54, 1.807) is 19.1 Å². The third-order valence-electron chi connectivity index (χ3n) is 4.57. The Kier molecular flexibility index (Phi) is 7.55. The highest BCUT2D eigenvalue weighted by Gasteiger charge is 2.26. The van der Waals surface area contributed by atoms with Crippen LogP contribution in [0.1, 0.15) is 37.8 Å². The lowest BCUT2D eigenvalue weighted by Crippen LogP contribution is -2.48. The molecule has 2 aromatic carbocycles. The van der Waals surface area contributed by atoms with Gasteiger partial charge in [0.2, 0.25) is 5.91 Å². The molecule has 0 saturated carbocycles. The van der Waals surface area contributed by atoms with Gasteiger partial charge in [0, 0.05) is 13.6 Å². The smallest absolute Gasteiger partial charge is 0.261 e. The number of halogens is 1. The summed E-state index contributed by atoms with van der Waals surface area (Å²) in [7, 11) is 1.52. The number of amides is 2. The molecular formula is C22H27FN2O3. The first-order valence-electron chi connectivity index (χ1n) is 9.30. The van der Waals surface area contributed by atoms with E-state index in [0.29, 0.717) is 5.75 Å². The summed E-state index contributed by atoms with van der Waals surface area (Å²) in [5, 5.41) is 2.56. The lowest BCUT2D eigenvalue weighted by atomic mass is 10.0. The molecule has 0 aromatic heterocycles. The summed E-state index contributed by atoms with van der Waals surface area (Å²) in [5.41, 5.74) is 1.74. The highest BCUT2D eigenvalue weighted by atomic mass is 19.1. The molecule has 0 fully saturated rings. The second kappa shape index (κ2) is 9.88. The topological polar surface area (TPSA) is 58.6 Å². The average molecular weight is 386 g/mol. The van der Waals surface area contributed by atoms with Gasteiger partial charge in [-0.3, -0.25) is 9.59 Å². The molecule has 1 N–H and O–H groups in total. The van der Waals surface area contributed by atoms with E-state index in [2.05, 4.69) is 19.2 Å². The van der Waals surface area contributed by atoms with E-state index < -0.39 is 6.04 Å². The van der Waals surface area contributed by atoms with E-state index in [-0.39, 0.29) is 36.7 Å². The van der Waals surface area contributed by atoms with Crippen LogP contribution >= 0.6 is 0 Å². The van der Waals surface area contributed by atoms with Crippen molar-refractivity contribution in [1.82, 2.24) is 10.2 Å². The van der Waals surface area contributed by atoms with Crippen molar-refractivity contribution >= 4 is 11.8 Å². The summed E-state index contributed by atoms with van der Waals surface area (Å²) < 4.78 is 18.9. The van der Waals surface area contributed by atoms with Gasteiger partial charge in [-0.05, 0) is 42.2 Å². The summed E-state index contributed by atoms with van der Waals surface area (Å²) in [6.07, 6.45) is 0. The Morgan fingerprint density at radius 2 is 1.71 bits per heavy atom. The van der Waals surface area contributed by atoms with Crippen molar-refractivity contribution in [3.8, 4) is 5.75 Å². The van der Waals surface area contributed by atoms with Gasteiger partial charge in [0.15, 0.2) is 6.61 Å². The third-order valence-corrected chi connectivity index (χ3v) is 4.57. The van der Waals surface area contributed by atoms with Gasteiger partial charge < -0.3 is 15.0 Å². The minimum Gasteiger partial charge on any atom is -0.483 e. The molecule has 0 radical (unpaired) electrons. The zero-order valence-corrected chi connectivity index (χ0v) is 16.7. The minimum absolute atomic E-state index is 0.183. The lowest BCUT2D eigenvalue weighted by Gasteiger charge is -2.28. The van der Waals surface area contributed by atoms with Crippen LogP contribution in [-0.4, -0.2) is 36.4 Å². The molecular weight excluding hydrogens is 359 g/mol. The van der Waals surface area contributed by atoms with Crippen molar-refractivity contribution in [3.63, 3.8) is 0 Å². The number of hydrogen-bond donors (Lipinski definition) is 1. The van der Waals surface area contributed by atoms with Gasteiger partial charge in [0.25, 0.3) is 5.91 Å². The van der Waals surface area contributed by atoms with Crippen LogP contribution in [0.3, 0.4) is 0 Å². The number of benzene rings is 2. The normalized spacial score (nSPS) is 11.8. The second-order valence-electron chi connectivity index (χ2n) is 6.92. The summed E-state index contributed by atoms with van der Waals surface area (Å²) in [6, 6.07) is 12.8. The van der Waals surface area contributed by atoms with Crippen LogP contribution in [0.2, 0.25) is 0 Å². The molecule has 0 unspecified atom stereocenters. The summed E-state index contributed by atoms with van der Waals surface area (Å²) >= 11 is 0. The number of nitrogens with one attached hydrogen (secondary N) is 1. The van der Waals surface area contributed by atoms with Gasteiger partial charge in [0.1, 0.15) is 17.6 Å². The quantitative estimate of drug-likeness (QED) is 0.756. The molecule has 2 rings (SSSR count). The van der Waals surface area contributed by atoms with Crippen LogP contribution in [0.5, 0.6) is 5.75 Å². The number of hydrogen-bond acceptors (Lipinski definition) is 3. The first-order chi connectivity index (χ1) is 13.3. The van der Waals surface area contributed by atoms with E-state index in [1.165, 1.54) is 24.1 Å². The average Bonchev–Trinajstić information content (AvgIpc) is 2.70. The zero-order chi connectivity index (χ0) is 20.7. The fourth-order valence-electron chi connectivity index (χ4n) is 2.89. The minimum atomic E-state index is -0.688. The SMILES string of the molecule is CNC(=O)[C@H](C)N(Cc1ccc(F)cc1)C(=O)COc1ccccc1C(C)C.